The van der Waals surface area contributed by atoms with Crippen molar-refractivity contribution in [3.05, 3.63) is 34.6 Å². The van der Waals surface area contributed by atoms with E-state index in [2.05, 4.69) is 4.98 Å². The Morgan fingerprint density at radius 1 is 1.48 bits per heavy atom. The standard InChI is InChI=1S/C15H19N3O2S/c1-10-8-13(12(3)18(10)15-16-4-7-21-15)14(19)17-5-6-20-9-11(17)2/h4,7-8,11H,5-6,9H2,1-3H3. The lowest BCUT2D eigenvalue weighted by atomic mass is 10.1. The van der Waals surface area contributed by atoms with Crippen LogP contribution in [0.15, 0.2) is 17.6 Å². The largest absolute Gasteiger partial charge is 0.377 e. The van der Waals surface area contributed by atoms with Gasteiger partial charge in [0.05, 0.1) is 24.8 Å². The summed E-state index contributed by atoms with van der Waals surface area (Å²) >= 11 is 1.57. The predicted octanol–water partition coefficient (Wildman–Crippen LogP) is 2.41. The third-order valence-electron chi connectivity index (χ3n) is 3.90. The summed E-state index contributed by atoms with van der Waals surface area (Å²) in [4.78, 5) is 19.1. The van der Waals surface area contributed by atoms with E-state index in [1.165, 1.54) is 0 Å². The molecule has 2 aromatic heterocycles. The van der Waals surface area contributed by atoms with Gasteiger partial charge in [0.25, 0.3) is 5.91 Å². The number of aryl methyl sites for hydroxylation is 1. The van der Waals surface area contributed by atoms with Crippen molar-refractivity contribution in [2.24, 2.45) is 0 Å². The Balaban J connectivity index is 1.96. The lowest BCUT2D eigenvalue weighted by Crippen LogP contribution is -2.47. The van der Waals surface area contributed by atoms with Crippen LogP contribution in [0.25, 0.3) is 5.13 Å². The zero-order chi connectivity index (χ0) is 15.0. The van der Waals surface area contributed by atoms with Gasteiger partial charge in [0, 0.05) is 29.5 Å². The van der Waals surface area contributed by atoms with Crippen LogP contribution >= 0.6 is 11.3 Å². The third-order valence-corrected chi connectivity index (χ3v) is 4.66. The van der Waals surface area contributed by atoms with Crippen molar-refractivity contribution in [1.82, 2.24) is 14.5 Å². The Kier molecular flexibility index (Phi) is 3.82. The second-order valence-corrected chi connectivity index (χ2v) is 6.23. The molecule has 3 rings (SSSR count). The van der Waals surface area contributed by atoms with Gasteiger partial charge in [-0.1, -0.05) is 0 Å². The Morgan fingerprint density at radius 2 is 2.29 bits per heavy atom. The van der Waals surface area contributed by atoms with Crippen LogP contribution in [-0.4, -0.2) is 46.2 Å². The summed E-state index contributed by atoms with van der Waals surface area (Å²) < 4.78 is 7.45. The summed E-state index contributed by atoms with van der Waals surface area (Å²) in [5.41, 5.74) is 2.74. The molecular weight excluding hydrogens is 286 g/mol. The smallest absolute Gasteiger partial charge is 0.256 e. The fourth-order valence-electron chi connectivity index (χ4n) is 2.78. The van der Waals surface area contributed by atoms with E-state index in [1.54, 1.807) is 17.5 Å². The molecule has 0 bridgehead atoms. The van der Waals surface area contributed by atoms with Crippen molar-refractivity contribution in [3.63, 3.8) is 0 Å². The lowest BCUT2D eigenvalue weighted by molar-refractivity contribution is 0.00355. The van der Waals surface area contributed by atoms with Gasteiger partial charge >= 0.3 is 0 Å². The number of hydrogen-bond acceptors (Lipinski definition) is 4. The first-order valence-electron chi connectivity index (χ1n) is 7.07. The van der Waals surface area contributed by atoms with Crippen LogP contribution in [0.4, 0.5) is 0 Å². The number of carbonyl (C=O) groups excluding carboxylic acids is 1. The molecule has 0 aliphatic carbocycles. The molecule has 1 aliphatic heterocycles. The Hall–Kier alpha value is -1.66. The fourth-order valence-corrected chi connectivity index (χ4v) is 3.54. The first-order chi connectivity index (χ1) is 10.1. The first kappa shape index (κ1) is 14.3. The molecule has 0 saturated carbocycles. The molecule has 1 aliphatic rings. The minimum Gasteiger partial charge on any atom is -0.377 e. The molecule has 1 unspecified atom stereocenters. The molecule has 21 heavy (non-hydrogen) atoms. The van der Waals surface area contributed by atoms with Gasteiger partial charge in [0.1, 0.15) is 0 Å². The molecule has 1 amide bonds. The van der Waals surface area contributed by atoms with Gasteiger partial charge in [-0.25, -0.2) is 4.98 Å². The van der Waals surface area contributed by atoms with Crippen molar-refractivity contribution in [1.29, 1.82) is 0 Å². The minimum atomic E-state index is 0.0849. The number of thiazole rings is 1. The SMILES string of the molecule is Cc1cc(C(=O)N2CCOCC2C)c(C)n1-c1nccs1. The molecule has 3 heterocycles. The van der Waals surface area contributed by atoms with Gasteiger partial charge in [-0.3, -0.25) is 9.36 Å². The van der Waals surface area contributed by atoms with E-state index in [1.807, 2.05) is 41.7 Å². The Bertz CT molecular complexity index is 648. The number of amides is 1. The topological polar surface area (TPSA) is 47.4 Å². The molecule has 1 fully saturated rings. The highest BCUT2D eigenvalue weighted by Crippen LogP contribution is 2.24. The average Bonchev–Trinajstić information content (AvgIpc) is 3.07. The number of rotatable bonds is 2. The van der Waals surface area contributed by atoms with Gasteiger partial charge in [-0.2, -0.15) is 0 Å². The highest BCUT2D eigenvalue weighted by atomic mass is 32.1. The van der Waals surface area contributed by atoms with E-state index in [-0.39, 0.29) is 11.9 Å². The number of aromatic nitrogens is 2. The van der Waals surface area contributed by atoms with Crippen molar-refractivity contribution >= 4 is 17.2 Å². The van der Waals surface area contributed by atoms with Gasteiger partial charge in [-0.15, -0.1) is 11.3 Å². The zero-order valence-electron chi connectivity index (χ0n) is 12.5. The molecule has 2 aromatic rings. The molecule has 0 spiro atoms. The van der Waals surface area contributed by atoms with Crippen LogP contribution in [0.1, 0.15) is 28.7 Å². The number of hydrogen-bond donors (Lipinski definition) is 0. The van der Waals surface area contributed by atoms with E-state index in [0.29, 0.717) is 19.8 Å². The van der Waals surface area contributed by atoms with Crippen molar-refractivity contribution in [3.8, 4) is 5.13 Å². The number of ether oxygens (including phenoxy) is 1. The fraction of sp³-hybridized carbons (Fsp3) is 0.467. The normalized spacial score (nSPS) is 19.0. The summed E-state index contributed by atoms with van der Waals surface area (Å²) in [7, 11) is 0. The maximum absolute atomic E-state index is 12.8. The van der Waals surface area contributed by atoms with Crippen molar-refractivity contribution in [2.45, 2.75) is 26.8 Å². The van der Waals surface area contributed by atoms with Gasteiger partial charge in [0.2, 0.25) is 0 Å². The zero-order valence-corrected chi connectivity index (χ0v) is 13.3. The van der Waals surface area contributed by atoms with Gasteiger partial charge < -0.3 is 9.64 Å². The maximum atomic E-state index is 12.8. The summed E-state index contributed by atoms with van der Waals surface area (Å²) in [5, 5.41) is 2.85. The molecule has 6 heteroatoms. The molecular formula is C15H19N3O2S. The van der Waals surface area contributed by atoms with Crippen LogP contribution in [0.2, 0.25) is 0 Å². The summed E-state index contributed by atoms with van der Waals surface area (Å²) in [5.74, 6) is 0.0849. The van der Waals surface area contributed by atoms with Gasteiger partial charge in [-0.05, 0) is 26.8 Å². The van der Waals surface area contributed by atoms with E-state index in [0.717, 1.165) is 22.1 Å². The second kappa shape index (κ2) is 5.61. The highest BCUT2D eigenvalue weighted by Gasteiger charge is 2.27. The van der Waals surface area contributed by atoms with Crippen LogP contribution in [-0.2, 0) is 4.74 Å². The number of nitrogens with zero attached hydrogens (tertiary/aromatic N) is 3. The molecule has 1 atom stereocenters. The number of morpholine rings is 1. The van der Waals surface area contributed by atoms with Crippen LogP contribution in [0, 0.1) is 13.8 Å². The predicted molar refractivity (Wildman–Crippen MR) is 82.2 cm³/mol. The molecule has 0 aromatic carbocycles. The molecule has 0 radical (unpaired) electrons. The third kappa shape index (κ3) is 2.49. The molecule has 0 N–H and O–H groups in total. The molecule has 1 saturated heterocycles. The van der Waals surface area contributed by atoms with E-state index < -0.39 is 0 Å². The second-order valence-electron chi connectivity index (χ2n) is 5.36. The Labute approximate surface area is 128 Å². The van der Waals surface area contributed by atoms with Crippen molar-refractivity contribution < 1.29 is 9.53 Å². The highest BCUT2D eigenvalue weighted by molar-refractivity contribution is 7.12. The lowest BCUT2D eigenvalue weighted by Gasteiger charge is -2.33. The van der Waals surface area contributed by atoms with Crippen LogP contribution < -0.4 is 0 Å². The van der Waals surface area contributed by atoms with E-state index >= 15 is 0 Å². The summed E-state index contributed by atoms with van der Waals surface area (Å²) in [6, 6.07) is 2.08. The summed E-state index contributed by atoms with van der Waals surface area (Å²) in [6.45, 7) is 7.89. The maximum Gasteiger partial charge on any atom is 0.256 e. The molecule has 5 nitrogen and oxygen atoms in total. The van der Waals surface area contributed by atoms with Gasteiger partial charge in [0.15, 0.2) is 5.13 Å². The quantitative estimate of drug-likeness (QED) is 0.856. The van der Waals surface area contributed by atoms with E-state index in [4.69, 9.17) is 4.74 Å². The van der Waals surface area contributed by atoms with Crippen LogP contribution in [0.5, 0.6) is 0 Å². The molecule has 112 valence electrons. The Morgan fingerprint density at radius 3 is 2.95 bits per heavy atom. The summed E-state index contributed by atoms with van der Waals surface area (Å²) in [6.07, 6.45) is 1.78. The average molecular weight is 305 g/mol. The van der Waals surface area contributed by atoms with E-state index in [9.17, 15) is 4.79 Å². The minimum absolute atomic E-state index is 0.0849. The number of carbonyl (C=O) groups is 1. The monoisotopic (exact) mass is 305 g/mol. The van der Waals surface area contributed by atoms with Crippen molar-refractivity contribution in [2.75, 3.05) is 19.8 Å². The first-order valence-corrected chi connectivity index (χ1v) is 7.95. The van der Waals surface area contributed by atoms with Crippen LogP contribution in [0.3, 0.4) is 0 Å².